The molecule has 0 saturated carbocycles. The molecule has 0 aliphatic rings. The van der Waals surface area contributed by atoms with Crippen LogP contribution >= 0.6 is 11.6 Å². The first kappa shape index (κ1) is 17.5. The number of aliphatic carboxylic acids is 1. The third-order valence-corrected chi connectivity index (χ3v) is 2.76. The second-order valence-corrected chi connectivity index (χ2v) is 4.58. The number of carbonyl (C=O) groups is 1. The molecule has 0 aliphatic heterocycles. The van der Waals surface area contributed by atoms with Crippen LogP contribution in [0.3, 0.4) is 0 Å². The van der Waals surface area contributed by atoms with E-state index < -0.39 is 5.97 Å². The minimum absolute atomic E-state index is 0.517. The number of ether oxygens (including phenoxy) is 1. The molecule has 0 unspecified atom stereocenters. The minimum atomic E-state index is -1.04. The first-order valence-corrected chi connectivity index (χ1v) is 6.75. The van der Waals surface area contributed by atoms with Crippen LogP contribution in [0.1, 0.15) is 5.56 Å². The summed E-state index contributed by atoms with van der Waals surface area (Å²) in [4.78, 5) is 14.0. The molecule has 2 N–H and O–H groups in total. The molecule has 5 nitrogen and oxygen atoms in total. The number of allylic oxidation sites excluding steroid dienone is 2. The van der Waals surface area contributed by atoms with Crippen molar-refractivity contribution in [2.24, 2.45) is 4.99 Å². The average Bonchev–Trinajstić information content (AvgIpc) is 2.48. The van der Waals surface area contributed by atoms with Gasteiger partial charge in [-0.25, -0.2) is 4.79 Å². The van der Waals surface area contributed by atoms with Crippen LogP contribution in [0.25, 0.3) is 0 Å². The van der Waals surface area contributed by atoms with E-state index in [2.05, 4.69) is 16.9 Å². The fraction of sp³-hybridized carbons (Fsp3) is 0.125. The Morgan fingerprint density at radius 3 is 2.95 bits per heavy atom. The molecule has 0 radical (unpaired) electrons. The number of hydrogen-bond donors (Lipinski definition) is 2. The van der Waals surface area contributed by atoms with Crippen LogP contribution in [0.4, 0.5) is 0 Å². The monoisotopic (exact) mass is 320 g/mol. The summed E-state index contributed by atoms with van der Waals surface area (Å²) in [6.45, 7) is 4.37. The van der Waals surface area contributed by atoms with E-state index in [1.165, 1.54) is 12.4 Å². The van der Waals surface area contributed by atoms with Gasteiger partial charge in [-0.15, -0.1) is 0 Å². The van der Waals surface area contributed by atoms with Gasteiger partial charge in [0, 0.05) is 41.3 Å². The third kappa shape index (κ3) is 6.76. The van der Waals surface area contributed by atoms with Gasteiger partial charge in [0.05, 0.1) is 7.11 Å². The molecule has 0 bridgehead atoms. The van der Waals surface area contributed by atoms with Gasteiger partial charge >= 0.3 is 5.97 Å². The summed E-state index contributed by atoms with van der Waals surface area (Å²) in [6, 6.07) is 5.39. The number of nitrogens with one attached hydrogen (secondary N) is 1. The largest absolute Gasteiger partial charge is 0.496 e. The van der Waals surface area contributed by atoms with E-state index in [1.54, 1.807) is 31.4 Å². The molecule has 1 aromatic carbocycles. The van der Waals surface area contributed by atoms with Gasteiger partial charge in [0.25, 0.3) is 0 Å². The molecule has 0 heterocycles. The fourth-order valence-electron chi connectivity index (χ4n) is 1.52. The predicted molar refractivity (Wildman–Crippen MR) is 88.4 cm³/mol. The highest BCUT2D eigenvalue weighted by Crippen LogP contribution is 2.22. The van der Waals surface area contributed by atoms with Crippen LogP contribution in [0.5, 0.6) is 5.75 Å². The molecule has 22 heavy (non-hydrogen) atoms. The summed E-state index contributed by atoms with van der Waals surface area (Å²) in [5.41, 5.74) is 1.60. The number of halogens is 1. The lowest BCUT2D eigenvalue weighted by atomic mass is 10.2. The topological polar surface area (TPSA) is 70.9 Å². The Labute approximate surface area is 134 Å². The van der Waals surface area contributed by atoms with Gasteiger partial charge < -0.3 is 15.2 Å². The van der Waals surface area contributed by atoms with Gasteiger partial charge in [0.15, 0.2) is 0 Å². The highest BCUT2D eigenvalue weighted by Gasteiger charge is 2.03. The van der Waals surface area contributed by atoms with Gasteiger partial charge in [0.2, 0.25) is 0 Å². The summed E-state index contributed by atoms with van der Waals surface area (Å²) in [7, 11) is 1.60. The number of carboxylic acid groups (broad SMARTS) is 1. The lowest BCUT2D eigenvalue weighted by Gasteiger charge is -2.10. The number of hydrogen-bond acceptors (Lipinski definition) is 4. The number of nitrogens with zero attached hydrogens (tertiary/aromatic N) is 1. The molecule has 1 aromatic rings. The maximum absolute atomic E-state index is 10.2. The molecule has 0 saturated heterocycles. The Morgan fingerprint density at radius 1 is 1.50 bits per heavy atom. The van der Waals surface area contributed by atoms with Gasteiger partial charge in [-0.1, -0.05) is 18.2 Å². The zero-order valence-electron chi connectivity index (χ0n) is 12.1. The van der Waals surface area contributed by atoms with Gasteiger partial charge in [0.1, 0.15) is 5.75 Å². The van der Waals surface area contributed by atoms with Crippen molar-refractivity contribution in [1.29, 1.82) is 0 Å². The highest BCUT2D eigenvalue weighted by molar-refractivity contribution is 6.30. The van der Waals surface area contributed by atoms with Gasteiger partial charge in [-0.05, 0) is 30.4 Å². The predicted octanol–water partition coefficient (Wildman–Crippen LogP) is 3.18. The second-order valence-electron chi connectivity index (χ2n) is 4.15. The second kappa shape index (κ2) is 9.41. The van der Waals surface area contributed by atoms with Crippen molar-refractivity contribution in [1.82, 2.24) is 5.32 Å². The summed E-state index contributed by atoms with van der Waals surface area (Å²) >= 11 is 5.96. The first-order chi connectivity index (χ1) is 10.5. The van der Waals surface area contributed by atoms with Crippen LogP contribution < -0.4 is 10.1 Å². The van der Waals surface area contributed by atoms with Crippen LogP contribution in [-0.4, -0.2) is 24.4 Å². The van der Waals surface area contributed by atoms with Crippen LogP contribution in [0.2, 0.25) is 5.02 Å². The zero-order chi connectivity index (χ0) is 16.4. The lowest BCUT2D eigenvalue weighted by molar-refractivity contribution is -0.131. The van der Waals surface area contributed by atoms with Gasteiger partial charge in [-0.2, -0.15) is 0 Å². The van der Waals surface area contributed by atoms with Crippen LogP contribution in [0.15, 0.2) is 59.9 Å². The summed E-state index contributed by atoms with van der Waals surface area (Å²) in [6.07, 6.45) is 6.97. The minimum Gasteiger partial charge on any atom is -0.496 e. The molecular formula is C16H17ClN2O3. The zero-order valence-corrected chi connectivity index (χ0v) is 12.9. The average molecular weight is 321 g/mol. The molecule has 0 atom stereocenters. The number of aliphatic imine (C=N–C) groups is 1. The fourth-order valence-corrected chi connectivity index (χ4v) is 1.71. The summed E-state index contributed by atoms with van der Waals surface area (Å²) in [5.74, 6) is -0.295. The Balaban J connectivity index is 2.49. The number of carboxylic acids is 1. The molecule has 116 valence electrons. The van der Waals surface area contributed by atoms with E-state index in [1.807, 2.05) is 6.07 Å². The van der Waals surface area contributed by atoms with E-state index in [0.29, 0.717) is 17.3 Å². The Kier molecular flexibility index (Phi) is 7.50. The number of rotatable bonds is 8. The normalized spacial score (nSPS) is 11.4. The molecule has 0 spiro atoms. The highest BCUT2D eigenvalue weighted by atomic mass is 35.5. The van der Waals surface area contributed by atoms with Crippen LogP contribution in [0, 0.1) is 0 Å². The quantitative estimate of drug-likeness (QED) is 0.438. The Bertz CT molecular complexity index is 622. The van der Waals surface area contributed by atoms with Crippen molar-refractivity contribution >= 4 is 23.8 Å². The third-order valence-electron chi connectivity index (χ3n) is 2.52. The van der Waals surface area contributed by atoms with E-state index >= 15 is 0 Å². The maximum Gasteiger partial charge on any atom is 0.329 e. The van der Waals surface area contributed by atoms with Crippen molar-refractivity contribution in [3.63, 3.8) is 0 Å². The molecule has 0 aromatic heterocycles. The number of methoxy groups -OCH3 is 1. The van der Waals surface area contributed by atoms with E-state index in [-0.39, 0.29) is 0 Å². The lowest BCUT2D eigenvalue weighted by Crippen LogP contribution is -2.11. The van der Waals surface area contributed by atoms with E-state index in [9.17, 15) is 4.79 Å². The van der Waals surface area contributed by atoms with E-state index in [4.69, 9.17) is 21.4 Å². The Morgan fingerprint density at radius 2 is 2.27 bits per heavy atom. The molecule has 6 heteroatoms. The SMILES string of the molecule is C=C(\C=C/C=N\C=C\C(=O)O)NCc1cc(Cl)ccc1OC. The molecule has 1 rings (SSSR count). The molecule has 0 aliphatic carbocycles. The molecular weight excluding hydrogens is 304 g/mol. The van der Waals surface area contributed by atoms with Crippen molar-refractivity contribution < 1.29 is 14.6 Å². The smallest absolute Gasteiger partial charge is 0.329 e. The molecule has 0 amide bonds. The molecule has 0 fully saturated rings. The van der Waals surface area contributed by atoms with Crippen molar-refractivity contribution in [2.45, 2.75) is 6.54 Å². The first-order valence-electron chi connectivity index (χ1n) is 6.37. The van der Waals surface area contributed by atoms with Gasteiger partial charge in [-0.3, -0.25) is 4.99 Å². The van der Waals surface area contributed by atoms with E-state index in [0.717, 1.165) is 17.4 Å². The van der Waals surface area contributed by atoms with Crippen molar-refractivity contribution in [3.05, 3.63) is 65.5 Å². The van der Waals surface area contributed by atoms with Crippen LogP contribution in [-0.2, 0) is 11.3 Å². The van der Waals surface area contributed by atoms with Crippen molar-refractivity contribution in [3.8, 4) is 5.75 Å². The van der Waals surface area contributed by atoms with Crippen molar-refractivity contribution in [2.75, 3.05) is 7.11 Å². The summed E-state index contributed by atoms with van der Waals surface area (Å²) < 4.78 is 5.25. The number of benzene rings is 1. The summed E-state index contributed by atoms with van der Waals surface area (Å²) in [5, 5.41) is 12.1. The Hall–Kier alpha value is -2.53. The standard InChI is InChI=1S/C16H17ClN2O3/c1-12(4-3-8-18-9-7-16(20)21)19-11-13-10-14(17)5-6-15(13)22-2/h3-10,19H,1,11H2,2H3,(H,20,21)/b4-3-,9-7+,18-8-. The maximum atomic E-state index is 10.2.